The van der Waals surface area contributed by atoms with E-state index in [1.165, 1.54) is 11.1 Å². The molecule has 1 aromatic carbocycles. The van der Waals surface area contributed by atoms with Crippen molar-refractivity contribution in [2.24, 2.45) is 0 Å². The molecule has 0 bridgehead atoms. The van der Waals surface area contributed by atoms with Crippen LogP contribution in [0.2, 0.25) is 0 Å². The maximum Gasteiger partial charge on any atom is 0.414 e. The number of hydrogen-bond donors (Lipinski definition) is 0. The van der Waals surface area contributed by atoms with Gasteiger partial charge in [-0.3, -0.25) is 9.69 Å². The number of pyridine rings is 1. The lowest BCUT2D eigenvalue weighted by atomic mass is 10.0. The van der Waals surface area contributed by atoms with Crippen molar-refractivity contribution < 1.29 is 19.1 Å². The first-order chi connectivity index (χ1) is 15.9. The lowest BCUT2D eigenvalue weighted by Crippen LogP contribution is -2.49. The number of carbonyl (C=O) groups is 2. The number of nitrogens with zero attached hydrogens (tertiary/aromatic N) is 4. The maximum absolute atomic E-state index is 13.2. The molecule has 0 aliphatic carbocycles. The molecular formula is C25H33ClN4O4. The first-order valence-corrected chi connectivity index (χ1v) is 11.5. The summed E-state index contributed by atoms with van der Waals surface area (Å²) in [5.41, 5.74) is 4.62. The van der Waals surface area contributed by atoms with Crippen molar-refractivity contribution in [1.29, 1.82) is 0 Å². The second kappa shape index (κ2) is 11.1. The number of anilines is 2. The van der Waals surface area contributed by atoms with Crippen LogP contribution in [0.25, 0.3) is 0 Å². The highest BCUT2D eigenvalue weighted by Gasteiger charge is 2.34. The Kier molecular flexibility index (Phi) is 8.38. The van der Waals surface area contributed by atoms with E-state index in [2.05, 4.69) is 29.8 Å². The van der Waals surface area contributed by atoms with Crippen molar-refractivity contribution in [3.05, 3.63) is 52.7 Å². The number of amides is 2. The van der Waals surface area contributed by atoms with Gasteiger partial charge in [-0.25, -0.2) is 9.78 Å². The van der Waals surface area contributed by atoms with Crippen LogP contribution < -0.4 is 9.80 Å². The quantitative estimate of drug-likeness (QED) is 0.618. The molecule has 2 aliphatic rings. The Morgan fingerprint density at radius 1 is 1.15 bits per heavy atom. The van der Waals surface area contributed by atoms with Crippen LogP contribution in [0.5, 0.6) is 0 Å². The molecule has 184 valence electrons. The number of benzene rings is 1. The van der Waals surface area contributed by atoms with Crippen molar-refractivity contribution in [3.8, 4) is 0 Å². The Morgan fingerprint density at radius 2 is 1.88 bits per heavy atom. The summed E-state index contributed by atoms with van der Waals surface area (Å²) in [7, 11) is 1.60. The second-order valence-corrected chi connectivity index (χ2v) is 8.67. The third-order valence-electron chi connectivity index (χ3n) is 6.42. The average molecular weight is 489 g/mol. The maximum atomic E-state index is 13.2. The highest BCUT2D eigenvalue weighted by molar-refractivity contribution is 5.97. The lowest BCUT2D eigenvalue weighted by Gasteiger charge is -2.36. The molecular weight excluding hydrogens is 456 g/mol. The number of piperazine rings is 1. The fourth-order valence-corrected chi connectivity index (χ4v) is 4.57. The molecule has 2 saturated heterocycles. The SMILES string of the molecule is CCc1cnc(N2CCN(C(=O)c3ccc(N4C(=O)OC[C@H]4COC)cc3C)CC2)c(C)c1.Cl. The summed E-state index contributed by atoms with van der Waals surface area (Å²) in [6.45, 7) is 9.61. The topological polar surface area (TPSA) is 75.2 Å². The number of carbonyl (C=O) groups excluding carboxylic acids is 2. The van der Waals surface area contributed by atoms with Crippen LogP contribution in [-0.2, 0) is 15.9 Å². The highest BCUT2D eigenvalue weighted by Crippen LogP contribution is 2.27. The number of cyclic esters (lactones) is 1. The van der Waals surface area contributed by atoms with Gasteiger partial charge in [0.25, 0.3) is 5.91 Å². The summed E-state index contributed by atoms with van der Waals surface area (Å²) in [6.07, 6.45) is 2.53. The Bertz CT molecular complexity index is 1040. The van der Waals surface area contributed by atoms with Crippen molar-refractivity contribution >= 4 is 35.9 Å². The van der Waals surface area contributed by atoms with Crippen LogP contribution in [0.4, 0.5) is 16.3 Å². The van der Waals surface area contributed by atoms with Gasteiger partial charge in [-0.05, 0) is 55.2 Å². The Morgan fingerprint density at radius 3 is 2.50 bits per heavy atom. The van der Waals surface area contributed by atoms with Gasteiger partial charge in [0.2, 0.25) is 0 Å². The van der Waals surface area contributed by atoms with Crippen molar-refractivity contribution in [2.75, 3.05) is 56.3 Å². The number of rotatable bonds is 6. The number of aryl methyl sites for hydroxylation is 3. The molecule has 1 atom stereocenters. The standard InChI is InChI=1S/C25H32N4O4.ClH/c1-5-19-12-18(3)23(26-14-19)27-8-10-28(11-9-27)24(30)22-7-6-20(13-17(22)2)29-21(15-32-4)16-33-25(29)31;/h6-7,12-14,21H,5,8-11,15-16H2,1-4H3;1H/t21-;/m1./s1. The van der Waals surface area contributed by atoms with Gasteiger partial charge in [-0.2, -0.15) is 0 Å². The van der Waals surface area contributed by atoms with Gasteiger partial charge in [-0.15, -0.1) is 12.4 Å². The predicted molar refractivity (Wildman–Crippen MR) is 134 cm³/mol. The first kappa shape index (κ1) is 25.8. The van der Waals surface area contributed by atoms with Crippen LogP contribution in [0.15, 0.2) is 30.5 Å². The van der Waals surface area contributed by atoms with Gasteiger partial charge in [0.05, 0.1) is 12.6 Å². The van der Waals surface area contributed by atoms with Gasteiger partial charge in [-0.1, -0.05) is 13.0 Å². The molecule has 0 saturated carbocycles. The predicted octanol–water partition coefficient (Wildman–Crippen LogP) is 3.62. The largest absolute Gasteiger partial charge is 0.447 e. The molecule has 2 aliphatic heterocycles. The molecule has 0 radical (unpaired) electrons. The number of aromatic nitrogens is 1. The molecule has 9 heteroatoms. The number of ether oxygens (including phenoxy) is 2. The highest BCUT2D eigenvalue weighted by atomic mass is 35.5. The Hall–Kier alpha value is -2.84. The summed E-state index contributed by atoms with van der Waals surface area (Å²) in [5.74, 6) is 1.02. The first-order valence-electron chi connectivity index (χ1n) is 11.5. The number of methoxy groups -OCH3 is 1. The van der Waals surface area contributed by atoms with E-state index in [9.17, 15) is 9.59 Å². The molecule has 34 heavy (non-hydrogen) atoms. The molecule has 1 aromatic heterocycles. The zero-order valence-corrected chi connectivity index (χ0v) is 21.1. The smallest absolute Gasteiger partial charge is 0.414 e. The van der Waals surface area contributed by atoms with Crippen LogP contribution >= 0.6 is 12.4 Å². The van der Waals surface area contributed by atoms with E-state index < -0.39 is 0 Å². The van der Waals surface area contributed by atoms with E-state index >= 15 is 0 Å². The third-order valence-corrected chi connectivity index (χ3v) is 6.42. The third kappa shape index (κ3) is 5.13. The van der Waals surface area contributed by atoms with Crippen molar-refractivity contribution in [2.45, 2.75) is 33.2 Å². The zero-order valence-electron chi connectivity index (χ0n) is 20.2. The summed E-state index contributed by atoms with van der Waals surface area (Å²) in [6, 6.07) is 7.53. The normalized spacial score (nSPS) is 18.1. The van der Waals surface area contributed by atoms with E-state index in [-0.39, 0.29) is 30.4 Å². The molecule has 0 N–H and O–H groups in total. The summed E-state index contributed by atoms with van der Waals surface area (Å²) >= 11 is 0. The van der Waals surface area contributed by atoms with Gasteiger partial charge in [0, 0.05) is 50.7 Å². The number of hydrogen-bond acceptors (Lipinski definition) is 6. The Balaban J connectivity index is 0.00000324. The molecule has 2 amide bonds. The summed E-state index contributed by atoms with van der Waals surface area (Å²) < 4.78 is 10.4. The lowest BCUT2D eigenvalue weighted by molar-refractivity contribution is 0.0745. The molecule has 2 aromatic rings. The van der Waals surface area contributed by atoms with Crippen molar-refractivity contribution in [1.82, 2.24) is 9.88 Å². The fourth-order valence-electron chi connectivity index (χ4n) is 4.57. The minimum absolute atomic E-state index is 0. The van der Waals surface area contributed by atoms with E-state index in [1.54, 1.807) is 12.0 Å². The van der Waals surface area contributed by atoms with E-state index in [0.29, 0.717) is 31.9 Å². The second-order valence-electron chi connectivity index (χ2n) is 8.67. The van der Waals surface area contributed by atoms with Gasteiger partial charge >= 0.3 is 6.09 Å². The molecule has 0 spiro atoms. The van der Waals surface area contributed by atoms with Crippen molar-refractivity contribution in [3.63, 3.8) is 0 Å². The van der Waals surface area contributed by atoms with E-state index in [4.69, 9.17) is 9.47 Å². The van der Waals surface area contributed by atoms with Crippen LogP contribution in [0, 0.1) is 13.8 Å². The molecule has 4 rings (SSSR count). The van der Waals surface area contributed by atoms with E-state index in [1.807, 2.05) is 36.2 Å². The van der Waals surface area contributed by atoms with Crippen LogP contribution in [0.3, 0.4) is 0 Å². The van der Waals surface area contributed by atoms with Crippen LogP contribution in [0.1, 0.15) is 34.0 Å². The number of halogens is 1. The molecule has 8 nitrogen and oxygen atoms in total. The summed E-state index contributed by atoms with van der Waals surface area (Å²) in [5, 5.41) is 0. The summed E-state index contributed by atoms with van der Waals surface area (Å²) in [4.78, 5) is 35.9. The minimum atomic E-state index is -0.387. The fraction of sp³-hybridized carbons (Fsp3) is 0.480. The van der Waals surface area contributed by atoms with Gasteiger partial charge < -0.3 is 19.3 Å². The van der Waals surface area contributed by atoms with Gasteiger partial charge in [0.15, 0.2) is 0 Å². The average Bonchev–Trinajstić information content (AvgIpc) is 3.18. The molecule has 3 heterocycles. The van der Waals surface area contributed by atoms with Gasteiger partial charge in [0.1, 0.15) is 12.4 Å². The zero-order chi connectivity index (χ0) is 23.5. The van der Waals surface area contributed by atoms with E-state index in [0.717, 1.165) is 36.6 Å². The molecule has 2 fully saturated rings. The monoisotopic (exact) mass is 488 g/mol. The van der Waals surface area contributed by atoms with Crippen LogP contribution in [-0.4, -0.2) is 74.4 Å². The minimum Gasteiger partial charge on any atom is -0.447 e. The molecule has 0 unspecified atom stereocenters. The Labute approximate surface area is 207 Å².